The molecule has 7 heteroatoms. The summed E-state index contributed by atoms with van der Waals surface area (Å²) < 4.78 is 1.06. The number of fused-ring (bicyclic) bond motifs is 2. The summed E-state index contributed by atoms with van der Waals surface area (Å²) >= 11 is 2.87. The molecule has 1 N–H and O–H groups in total. The maximum atomic E-state index is 12.2. The molecule has 0 spiro atoms. The van der Waals surface area contributed by atoms with Gasteiger partial charge in [-0.05, 0) is 18.2 Å². The second-order valence-corrected chi connectivity index (χ2v) is 7.01. The summed E-state index contributed by atoms with van der Waals surface area (Å²) in [5.41, 5.74) is 1.77. The topological polar surface area (TPSA) is 67.8 Å². The molecule has 0 aliphatic heterocycles. The molecule has 2 heterocycles. The van der Waals surface area contributed by atoms with Gasteiger partial charge in [-0.2, -0.15) is 0 Å². The van der Waals surface area contributed by atoms with E-state index in [1.54, 1.807) is 0 Å². The maximum absolute atomic E-state index is 12.2. The van der Waals surface area contributed by atoms with Gasteiger partial charge in [0.2, 0.25) is 5.91 Å². The van der Waals surface area contributed by atoms with Gasteiger partial charge in [0, 0.05) is 5.39 Å². The van der Waals surface area contributed by atoms with E-state index in [0.717, 1.165) is 26.1 Å². The van der Waals surface area contributed by atoms with Crippen molar-refractivity contribution in [3.63, 3.8) is 0 Å². The first-order chi connectivity index (χ1) is 11.8. The summed E-state index contributed by atoms with van der Waals surface area (Å²) in [5.74, 6) is 0.179. The van der Waals surface area contributed by atoms with E-state index in [9.17, 15) is 4.79 Å². The van der Waals surface area contributed by atoms with Crippen molar-refractivity contribution < 1.29 is 4.79 Å². The van der Waals surface area contributed by atoms with Gasteiger partial charge in [0.15, 0.2) is 5.13 Å². The zero-order chi connectivity index (χ0) is 16.4. The first kappa shape index (κ1) is 15.0. The van der Waals surface area contributed by atoms with E-state index in [4.69, 9.17) is 0 Å². The van der Waals surface area contributed by atoms with Crippen LogP contribution < -0.4 is 5.32 Å². The molecule has 0 unspecified atom stereocenters. The number of benzene rings is 2. The van der Waals surface area contributed by atoms with Crippen LogP contribution in [0.2, 0.25) is 0 Å². The van der Waals surface area contributed by atoms with E-state index >= 15 is 0 Å². The molecular weight excluding hydrogens is 340 g/mol. The Morgan fingerprint density at radius 2 is 1.83 bits per heavy atom. The van der Waals surface area contributed by atoms with Crippen LogP contribution in [0.25, 0.3) is 21.1 Å². The molecule has 0 saturated carbocycles. The molecule has 0 saturated heterocycles. The number of aromatic nitrogens is 3. The molecule has 2 aromatic heterocycles. The lowest BCUT2D eigenvalue weighted by Crippen LogP contribution is -2.13. The van der Waals surface area contributed by atoms with E-state index < -0.39 is 0 Å². The van der Waals surface area contributed by atoms with Crippen LogP contribution in [0.5, 0.6) is 0 Å². The van der Waals surface area contributed by atoms with Gasteiger partial charge >= 0.3 is 0 Å². The lowest BCUT2D eigenvalue weighted by atomic mass is 10.2. The average Bonchev–Trinajstić information content (AvgIpc) is 3.02. The third kappa shape index (κ3) is 3.08. The third-order valence-corrected chi connectivity index (χ3v) is 5.34. The number of para-hydroxylation sites is 2. The number of thiazole rings is 1. The number of rotatable bonds is 4. The Kier molecular flexibility index (Phi) is 4.10. The molecule has 0 bridgehead atoms. The summed E-state index contributed by atoms with van der Waals surface area (Å²) in [4.78, 5) is 25.1. The fourth-order valence-electron chi connectivity index (χ4n) is 2.31. The molecule has 5 nitrogen and oxygen atoms in total. The summed E-state index contributed by atoms with van der Waals surface area (Å²) in [7, 11) is 0. The monoisotopic (exact) mass is 352 g/mol. The number of amides is 1. The Bertz CT molecular complexity index is 993. The normalized spacial score (nSPS) is 11.0. The molecular formula is C17H12N4OS2. The van der Waals surface area contributed by atoms with Crippen molar-refractivity contribution in [1.29, 1.82) is 0 Å². The first-order valence-corrected chi connectivity index (χ1v) is 9.08. The molecule has 0 atom stereocenters. The summed E-state index contributed by atoms with van der Waals surface area (Å²) in [6.07, 6.45) is 1.52. The van der Waals surface area contributed by atoms with E-state index in [-0.39, 0.29) is 11.7 Å². The fraction of sp³-hybridized carbons (Fsp3) is 0.0588. The van der Waals surface area contributed by atoms with E-state index in [0.29, 0.717) is 5.13 Å². The quantitative estimate of drug-likeness (QED) is 0.445. The highest BCUT2D eigenvalue weighted by molar-refractivity contribution is 8.00. The van der Waals surface area contributed by atoms with Gasteiger partial charge in [-0.1, -0.05) is 53.4 Å². The van der Waals surface area contributed by atoms with Crippen LogP contribution in [0.3, 0.4) is 0 Å². The van der Waals surface area contributed by atoms with E-state index in [1.165, 1.54) is 29.4 Å². The van der Waals surface area contributed by atoms with Crippen molar-refractivity contribution in [2.24, 2.45) is 0 Å². The van der Waals surface area contributed by atoms with Crippen LogP contribution in [-0.4, -0.2) is 26.6 Å². The van der Waals surface area contributed by atoms with Crippen LogP contribution in [-0.2, 0) is 4.79 Å². The number of carbonyl (C=O) groups is 1. The SMILES string of the molecule is O=C(CSc1ncnc2ccccc12)Nc1nc2ccccc2s1. The molecule has 24 heavy (non-hydrogen) atoms. The zero-order valence-electron chi connectivity index (χ0n) is 12.5. The minimum Gasteiger partial charge on any atom is -0.301 e. The molecule has 2 aromatic carbocycles. The van der Waals surface area contributed by atoms with Gasteiger partial charge in [-0.15, -0.1) is 0 Å². The summed E-state index contributed by atoms with van der Waals surface area (Å²) in [5, 5.41) is 5.24. The minimum atomic E-state index is -0.0956. The Balaban J connectivity index is 1.46. The first-order valence-electron chi connectivity index (χ1n) is 7.27. The van der Waals surface area contributed by atoms with Crippen molar-refractivity contribution in [2.45, 2.75) is 5.03 Å². The Labute approximate surface area is 146 Å². The predicted octanol–water partition coefficient (Wildman–Crippen LogP) is 3.97. The van der Waals surface area contributed by atoms with Gasteiger partial charge in [0.1, 0.15) is 11.4 Å². The van der Waals surface area contributed by atoms with Crippen molar-refractivity contribution in [3.05, 3.63) is 54.9 Å². The van der Waals surface area contributed by atoms with Gasteiger partial charge in [0.05, 0.1) is 21.5 Å². The lowest BCUT2D eigenvalue weighted by Gasteiger charge is -2.04. The highest BCUT2D eigenvalue weighted by Gasteiger charge is 2.10. The van der Waals surface area contributed by atoms with Crippen LogP contribution in [0, 0.1) is 0 Å². The number of anilines is 1. The smallest absolute Gasteiger partial charge is 0.236 e. The Morgan fingerprint density at radius 1 is 1.04 bits per heavy atom. The van der Waals surface area contributed by atoms with E-state index in [2.05, 4.69) is 20.3 Å². The molecule has 0 aliphatic rings. The highest BCUT2D eigenvalue weighted by Crippen LogP contribution is 2.27. The number of hydrogen-bond donors (Lipinski definition) is 1. The Hall–Kier alpha value is -2.51. The molecule has 4 aromatic rings. The maximum Gasteiger partial charge on any atom is 0.236 e. The van der Waals surface area contributed by atoms with E-state index in [1.807, 2.05) is 48.5 Å². The van der Waals surface area contributed by atoms with Crippen molar-refractivity contribution in [2.75, 3.05) is 11.1 Å². The lowest BCUT2D eigenvalue weighted by molar-refractivity contribution is -0.113. The van der Waals surface area contributed by atoms with Crippen LogP contribution in [0.15, 0.2) is 59.9 Å². The van der Waals surface area contributed by atoms with Gasteiger partial charge < -0.3 is 5.32 Å². The highest BCUT2D eigenvalue weighted by atomic mass is 32.2. The number of nitrogens with one attached hydrogen (secondary N) is 1. The third-order valence-electron chi connectivity index (χ3n) is 3.39. The van der Waals surface area contributed by atoms with Crippen LogP contribution in [0.4, 0.5) is 5.13 Å². The fourth-order valence-corrected chi connectivity index (χ4v) is 3.98. The van der Waals surface area contributed by atoms with Crippen LogP contribution >= 0.6 is 23.1 Å². The number of nitrogens with zero attached hydrogens (tertiary/aromatic N) is 3. The second kappa shape index (κ2) is 6.54. The molecule has 0 fully saturated rings. The Morgan fingerprint density at radius 3 is 2.71 bits per heavy atom. The standard InChI is InChI=1S/C17H12N4OS2/c22-15(21-17-20-13-7-3-4-8-14(13)24-17)9-23-16-11-5-1-2-6-12(11)18-10-19-16/h1-8,10H,9H2,(H,20,21,22). The summed E-state index contributed by atoms with van der Waals surface area (Å²) in [6.45, 7) is 0. The van der Waals surface area contributed by atoms with Gasteiger partial charge in [-0.25, -0.2) is 15.0 Å². The van der Waals surface area contributed by atoms with Crippen molar-refractivity contribution in [1.82, 2.24) is 15.0 Å². The summed E-state index contributed by atoms with van der Waals surface area (Å²) in [6, 6.07) is 15.6. The number of carbonyl (C=O) groups excluding carboxylic acids is 1. The van der Waals surface area contributed by atoms with Gasteiger partial charge in [-0.3, -0.25) is 4.79 Å². The number of thioether (sulfide) groups is 1. The second-order valence-electron chi connectivity index (χ2n) is 5.02. The minimum absolute atomic E-state index is 0.0956. The van der Waals surface area contributed by atoms with Gasteiger partial charge in [0.25, 0.3) is 0 Å². The number of hydrogen-bond acceptors (Lipinski definition) is 6. The van der Waals surface area contributed by atoms with Crippen molar-refractivity contribution in [3.8, 4) is 0 Å². The van der Waals surface area contributed by atoms with Crippen molar-refractivity contribution >= 4 is 55.3 Å². The average molecular weight is 352 g/mol. The molecule has 1 amide bonds. The molecule has 118 valence electrons. The largest absolute Gasteiger partial charge is 0.301 e. The predicted molar refractivity (Wildman–Crippen MR) is 98.5 cm³/mol. The molecule has 0 radical (unpaired) electrons. The molecule has 0 aliphatic carbocycles. The molecule has 4 rings (SSSR count). The zero-order valence-corrected chi connectivity index (χ0v) is 14.1. The van der Waals surface area contributed by atoms with Crippen LogP contribution in [0.1, 0.15) is 0 Å².